The number of aryl methyl sites for hydroxylation is 1. The molecule has 2 aromatic carbocycles. The van der Waals surface area contributed by atoms with Crippen molar-refractivity contribution in [1.82, 2.24) is 9.78 Å². The Balaban J connectivity index is 1.95. The Morgan fingerprint density at radius 2 is 1.85 bits per heavy atom. The van der Waals surface area contributed by atoms with Crippen molar-refractivity contribution >= 4 is 11.6 Å². The van der Waals surface area contributed by atoms with E-state index in [0.29, 0.717) is 6.07 Å². The van der Waals surface area contributed by atoms with Crippen LogP contribution in [0.4, 0.5) is 27.6 Å². The summed E-state index contributed by atoms with van der Waals surface area (Å²) < 4.78 is 66.8. The number of alkyl halides is 3. The topological polar surface area (TPSA) is 46.9 Å². The predicted molar refractivity (Wildman–Crippen MR) is 88.0 cm³/mol. The van der Waals surface area contributed by atoms with E-state index in [1.54, 1.807) is 0 Å². The van der Waals surface area contributed by atoms with Gasteiger partial charge in [0.15, 0.2) is 0 Å². The smallest absolute Gasteiger partial charge is 0.322 e. The summed E-state index contributed by atoms with van der Waals surface area (Å²) in [5.41, 5.74) is -1.23. The maximum Gasteiger partial charge on any atom is 0.416 e. The summed E-state index contributed by atoms with van der Waals surface area (Å²) in [6.45, 7) is 0. The van der Waals surface area contributed by atoms with Crippen LogP contribution in [0.25, 0.3) is 11.3 Å². The van der Waals surface area contributed by atoms with Gasteiger partial charge in [0, 0.05) is 30.6 Å². The van der Waals surface area contributed by atoms with Gasteiger partial charge in [0.25, 0.3) is 5.91 Å². The van der Waals surface area contributed by atoms with Gasteiger partial charge >= 0.3 is 6.18 Å². The highest BCUT2D eigenvalue weighted by atomic mass is 19.4. The zero-order valence-electron chi connectivity index (χ0n) is 13.8. The van der Waals surface area contributed by atoms with E-state index in [-0.39, 0.29) is 22.5 Å². The molecule has 3 aromatic rings. The second kappa shape index (κ2) is 6.82. The number of nitrogens with zero attached hydrogens (tertiary/aromatic N) is 2. The Morgan fingerprint density at radius 3 is 2.52 bits per heavy atom. The molecule has 0 aliphatic heterocycles. The van der Waals surface area contributed by atoms with Crippen LogP contribution in [-0.2, 0) is 13.2 Å². The van der Waals surface area contributed by atoms with E-state index in [1.807, 2.05) is 0 Å². The number of benzene rings is 2. The van der Waals surface area contributed by atoms with Crippen molar-refractivity contribution in [2.75, 3.05) is 5.32 Å². The zero-order chi connectivity index (χ0) is 19.8. The third-order valence-electron chi connectivity index (χ3n) is 3.71. The average molecular weight is 381 g/mol. The molecule has 9 heteroatoms. The minimum atomic E-state index is -4.56. The minimum Gasteiger partial charge on any atom is -0.322 e. The van der Waals surface area contributed by atoms with Crippen molar-refractivity contribution in [3.8, 4) is 11.3 Å². The van der Waals surface area contributed by atoms with E-state index < -0.39 is 29.3 Å². The molecule has 0 aliphatic carbocycles. The van der Waals surface area contributed by atoms with Gasteiger partial charge in [-0.15, -0.1) is 0 Å². The summed E-state index contributed by atoms with van der Waals surface area (Å²) in [6.07, 6.45) is -3.27. The Hall–Kier alpha value is -3.23. The fraction of sp³-hybridized carbons (Fsp3) is 0.111. The van der Waals surface area contributed by atoms with Crippen molar-refractivity contribution in [2.45, 2.75) is 6.18 Å². The Morgan fingerprint density at radius 1 is 1.11 bits per heavy atom. The van der Waals surface area contributed by atoms with Gasteiger partial charge in [-0.2, -0.15) is 18.3 Å². The SMILES string of the molecule is Cn1cc(C(=O)Nc2cccc(C(F)(F)F)c2)c(-c2ccc(F)cc2F)n1. The van der Waals surface area contributed by atoms with E-state index in [4.69, 9.17) is 0 Å². The molecule has 1 amide bonds. The summed E-state index contributed by atoms with van der Waals surface area (Å²) >= 11 is 0. The predicted octanol–water partition coefficient (Wildman–Crippen LogP) is 4.64. The standard InChI is InChI=1S/C18H12F5N3O/c1-26-9-14(16(25-26)13-6-5-11(19)8-15(13)20)17(27)24-12-4-2-3-10(7-12)18(21,22)23/h2-9H,1H3,(H,24,27). The third-order valence-corrected chi connectivity index (χ3v) is 3.71. The maximum atomic E-state index is 14.1. The molecule has 1 N–H and O–H groups in total. The molecule has 0 saturated carbocycles. The van der Waals surface area contributed by atoms with Crippen LogP contribution < -0.4 is 5.32 Å². The van der Waals surface area contributed by atoms with Crippen LogP contribution in [0, 0.1) is 11.6 Å². The molecule has 0 unspecified atom stereocenters. The monoisotopic (exact) mass is 381 g/mol. The molecule has 0 saturated heterocycles. The van der Waals surface area contributed by atoms with Crippen molar-refractivity contribution < 1.29 is 26.7 Å². The molecular formula is C18H12F5N3O. The summed E-state index contributed by atoms with van der Waals surface area (Å²) in [7, 11) is 1.49. The number of carbonyl (C=O) groups is 1. The summed E-state index contributed by atoms with van der Waals surface area (Å²) in [5.74, 6) is -2.48. The van der Waals surface area contributed by atoms with Crippen LogP contribution in [0.2, 0.25) is 0 Å². The highest BCUT2D eigenvalue weighted by Gasteiger charge is 2.30. The molecule has 0 spiro atoms. The number of aromatic nitrogens is 2. The Labute approximate surface area is 150 Å². The van der Waals surface area contributed by atoms with Gasteiger partial charge in [0.2, 0.25) is 0 Å². The second-order valence-corrected chi connectivity index (χ2v) is 5.72. The van der Waals surface area contributed by atoms with E-state index >= 15 is 0 Å². The van der Waals surface area contributed by atoms with Gasteiger partial charge in [0.1, 0.15) is 17.3 Å². The molecule has 0 bridgehead atoms. The molecule has 1 aromatic heterocycles. The number of halogens is 5. The molecule has 3 rings (SSSR count). The largest absolute Gasteiger partial charge is 0.416 e. The van der Waals surface area contributed by atoms with Gasteiger partial charge in [-0.25, -0.2) is 8.78 Å². The van der Waals surface area contributed by atoms with Gasteiger partial charge < -0.3 is 5.32 Å². The first-order valence-corrected chi connectivity index (χ1v) is 7.63. The number of carbonyl (C=O) groups excluding carboxylic acids is 1. The number of nitrogens with one attached hydrogen (secondary N) is 1. The molecule has 1 heterocycles. The lowest BCUT2D eigenvalue weighted by Gasteiger charge is -2.10. The Bertz CT molecular complexity index is 1010. The second-order valence-electron chi connectivity index (χ2n) is 5.72. The van der Waals surface area contributed by atoms with Crippen molar-refractivity contribution in [3.63, 3.8) is 0 Å². The summed E-state index contributed by atoms with van der Waals surface area (Å²) in [6, 6.07) is 6.91. The van der Waals surface area contributed by atoms with E-state index in [1.165, 1.54) is 24.0 Å². The first-order valence-electron chi connectivity index (χ1n) is 7.63. The Kier molecular flexibility index (Phi) is 4.69. The summed E-state index contributed by atoms with van der Waals surface area (Å²) in [5, 5.41) is 6.34. The van der Waals surface area contributed by atoms with Crippen LogP contribution in [0.1, 0.15) is 15.9 Å². The fourth-order valence-corrected chi connectivity index (χ4v) is 2.51. The lowest BCUT2D eigenvalue weighted by atomic mass is 10.1. The average Bonchev–Trinajstić information content (AvgIpc) is 2.96. The van der Waals surface area contributed by atoms with E-state index in [2.05, 4.69) is 10.4 Å². The van der Waals surface area contributed by atoms with Crippen molar-refractivity contribution in [1.29, 1.82) is 0 Å². The quantitative estimate of drug-likeness (QED) is 0.672. The molecule has 0 atom stereocenters. The first kappa shape index (κ1) is 18.6. The first-order chi connectivity index (χ1) is 12.6. The minimum absolute atomic E-state index is 0.0560. The fourth-order valence-electron chi connectivity index (χ4n) is 2.51. The summed E-state index contributed by atoms with van der Waals surface area (Å²) in [4.78, 5) is 12.5. The number of hydrogen-bond acceptors (Lipinski definition) is 2. The molecule has 0 aliphatic rings. The maximum absolute atomic E-state index is 14.1. The number of hydrogen-bond donors (Lipinski definition) is 1. The van der Waals surface area contributed by atoms with Crippen molar-refractivity contribution in [2.24, 2.45) is 7.05 Å². The number of amides is 1. The lowest BCUT2D eigenvalue weighted by molar-refractivity contribution is -0.137. The molecule has 4 nitrogen and oxygen atoms in total. The molecule has 140 valence electrons. The van der Waals surface area contributed by atoms with Crippen LogP contribution in [0.5, 0.6) is 0 Å². The van der Waals surface area contributed by atoms with E-state index in [9.17, 15) is 26.7 Å². The van der Waals surface area contributed by atoms with E-state index in [0.717, 1.165) is 30.3 Å². The molecule has 0 fully saturated rings. The van der Waals surface area contributed by atoms with Crippen LogP contribution in [0.3, 0.4) is 0 Å². The molecule has 27 heavy (non-hydrogen) atoms. The van der Waals surface area contributed by atoms with Crippen LogP contribution >= 0.6 is 0 Å². The molecular weight excluding hydrogens is 369 g/mol. The van der Waals surface area contributed by atoms with Gasteiger partial charge in [0.05, 0.1) is 11.1 Å². The highest BCUT2D eigenvalue weighted by Crippen LogP contribution is 2.31. The van der Waals surface area contributed by atoms with Crippen LogP contribution in [-0.4, -0.2) is 15.7 Å². The molecule has 0 radical (unpaired) electrons. The third kappa shape index (κ3) is 3.97. The lowest BCUT2D eigenvalue weighted by Crippen LogP contribution is -2.13. The van der Waals surface area contributed by atoms with Gasteiger partial charge in [-0.05, 0) is 30.3 Å². The number of anilines is 1. The van der Waals surface area contributed by atoms with Crippen molar-refractivity contribution in [3.05, 3.63) is 71.4 Å². The van der Waals surface area contributed by atoms with Gasteiger partial charge in [-0.3, -0.25) is 9.48 Å². The zero-order valence-corrected chi connectivity index (χ0v) is 13.8. The normalized spacial score (nSPS) is 11.5. The highest BCUT2D eigenvalue weighted by molar-refractivity contribution is 6.08. The number of rotatable bonds is 3. The van der Waals surface area contributed by atoms with Crippen LogP contribution in [0.15, 0.2) is 48.7 Å². The van der Waals surface area contributed by atoms with Gasteiger partial charge in [-0.1, -0.05) is 6.07 Å².